The molecule has 0 aliphatic rings. The summed E-state index contributed by atoms with van der Waals surface area (Å²) in [6.07, 6.45) is 3.98. The van der Waals surface area contributed by atoms with Crippen LogP contribution in [0.2, 0.25) is 0 Å². The van der Waals surface area contributed by atoms with E-state index < -0.39 is 0 Å². The van der Waals surface area contributed by atoms with E-state index in [0.717, 1.165) is 16.8 Å². The van der Waals surface area contributed by atoms with Crippen LogP contribution in [0.1, 0.15) is 31.0 Å². The molecule has 0 spiro atoms. The maximum absolute atomic E-state index is 12.5. The number of aromatic nitrogens is 2. The van der Waals surface area contributed by atoms with Crippen molar-refractivity contribution in [3.63, 3.8) is 0 Å². The predicted molar refractivity (Wildman–Crippen MR) is 99.4 cm³/mol. The Balaban J connectivity index is 1.67. The van der Waals surface area contributed by atoms with E-state index in [1.54, 1.807) is 10.9 Å². The van der Waals surface area contributed by atoms with Crippen LogP contribution in [0, 0.1) is 5.92 Å². The van der Waals surface area contributed by atoms with E-state index in [0.29, 0.717) is 12.3 Å². The zero-order chi connectivity index (χ0) is 17.6. The molecule has 0 saturated carbocycles. The van der Waals surface area contributed by atoms with Crippen molar-refractivity contribution in [3.8, 4) is 5.69 Å². The van der Waals surface area contributed by atoms with Gasteiger partial charge in [0.1, 0.15) is 0 Å². The van der Waals surface area contributed by atoms with Gasteiger partial charge >= 0.3 is 0 Å². The maximum atomic E-state index is 12.5. The number of benzene rings is 2. The van der Waals surface area contributed by atoms with Gasteiger partial charge in [0.05, 0.1) is 24.3 Å². The van der Waals surface area contributed by atoms with Crippen molar-refractivity contribution >= 4 is 5.91 Å². The molecule has 1 unspecified atom stereocenters. The van der Waals surface area contributed by atoms with Crippen molar-refractivity contribution < 1.29 is 4.79 Å². The van der Waals surface area contributed by atoms with Crippen LogP contribution in [0.5, 0.6) is 0 Å². The molecule has 1 N–H and O–H groups in total. The van der Waals surface area contributed by atoms with Gasteiger partial charge in [0.2, 0.25) is 5.91 Å². The molecule has 1 aromatic heterocycles. The molecule has 0 aliphatic heterocycles. The Morgan fingerprint density at radius 2 is 1.68 bits per heavy atom. The minimum Gasteiger partial charge on any atom is -0.349 e. The van der Waals surface area contributed by atoms with Crippen LogP contribution in [0.25, 0.3) is 5.69 Å². The summed E-state index contributed by atoms with van der Waals surface area (Å²) in [6.45, 7) is 4.23. The second-order valence-corrected chi connectivity index (χ2v) is 6.51. The van der Waals surface area contributed by atoms with E-state index in [4.69, 9.17) is 0 Å². The summed E-state index contributed by atoms with van der Waals surface area (Å²) in [6, 6.07) is 20.0. The van der Waals surface area contributed by atoms with Crippen molar-refractivity contribution in [2.75, 3.05) is 0 Å². The first-order valence-corrected chi connectivity index (χ1v) is 8.57. The number of hydrogen-bond donors (Lipinski definition) is 1. The lowest BCUT2D eigenvalue weighted by Crippen LogP contribution is -2.32. The third kappa shape index (κ3) is 4.35. The van der Waals surface area contributed by atoms with Crippen molar-refractivity contribution in [1.29, 1.82) is 0 Å². The van der Waals surface area contributed by atoms with Crippen LogP contribution in [0.15, 0.2) is 73.1 Å². The van der Waals surface area contributed by atoms with Gasteiger partial charge in [0.25, 0.3) is 0 Å². The summed E-state index contributed by atoms with van der Waals surface area (Å²) in [5, 5.41) is 7.50. The molecule has 1 amide bonds. The Bertz CT molecular complexity index is 809. The molecule has 1 atom stereocenters. The van der Waals surface area contributed by atoms with E-state index in [1.165, 1.54) is 0 Å². The van der Waals surface area contributed by atoms with E-state index in [1.807, 2.05) is 54.7 Å². The fraction of sp³-hybridized carbons (Fsp3) is 0.238. The van der Waals surface area contributed by atoms with E-state index in [2.05, 4.69) is 36.4 Å². The molecule has 3 aromatic rings. The number of rotatable bonds is 6. The lowest BCUT2D eigenvalue weighted by Gasteiger charge is -2.22. The van der Waals surface area contributed by atoms with Crippen molar-refractivity contribution in [2.45, 2.75) is 26.3 Å². The number of hydrogen-bond acceptors (Lipinski definition) is 2. The van der Waals surface area contributed by atoms with Crippen LogP contribution in [0.4, 0.5) is 0 Å². The first-order valence-electron chi connectivity index (χ1n) is 8.57. The summed E-state index contributed by atoms with van der Waals surface area (Å²) < 4.78 is 1.79. The minimum absolute atomic E-state index is 0.00941. The zero-order valence-corrected chi connectivity index (χ0v) is 14.6. The summed E-state index contributed by atoms with van der Waals surface area (Å²) >= 11 is 0. The molecule has 0 saturated heterocycles. The fourth-order valence-corrected chi connectivity index (χ4v) is 2.88. The quantitative estimate of drug-likeness (QED) is 0.743. The van der Waals surface area contributed by atoms with E-state index >= 15 is 0 Å². The minimum atomic E-state index is 0.00941. The molecule has 1 heterocycles. The highest BCUT2D eigenvalue weighted by Crippen LogP contribution is 2.21. The summed E-state index contributed by atoms with van der Waals surface area (Å²) in [4.78, 5) is 12.5. The SMILES string of the molecule is CC(C)C(NC(=O)Cc1cnn(-c2ccccc2)c1)c1ccccc1. The molecule has 4 heteroatoms. The Morgan fingerprint density at radius 1 is 1.04 bits per heavy atom. The average Bonchev–Trinajstić information content (AvgIpc) is 3.09. The third-order valence-electron chi connectivity index (χ3n) is 4.16. The predicted octanol–water partition coefficient (Wildman–Crippen LogP) is 3.93. The molecule has 0 fully saturated rings. The van der Waals surface area contributed by atoms with Gasteiger partial charge in [-0.1, -0.05) is 62.4 Å². The molecule has 25 heavy (non-hydrogen) atoms. The van der Waals surface area contributed by atoms with Crippen molar-refractivity contribution in [2.24, 2.45) is 5.92 Å². The highest BCUT2D eigenvalue weighted by Gasteiger charge is 2.18. The molecule has 128 valence electrons. The number of carbonyl (C=O) groups excluding carboxylic acids is 1. The molecule has 0 bridgehead atoms. The third-order valence-corrected chi connectivity index (χ3v) is 4.16. The number of carbonyl (C=O) groups is 1. The lowest BCUT2D eigenvalue weighted by atomic mass is 9.96. The standard InChI is InChI=1S/C21H23N3O/c1-16(2)21(18-9-5-3-6-10-18)23-20(25)13-17-14-22-24(15-17)19-11-7-4-8-12-19/h3-12,14-16,21H,13H2,1-2H3,(H,23,25). The number of nitrogens with zero attached hydrogens (tertiary/aromatic N) is 2. The molecular weight excluding hydrogens is 310 g/mol. The van der Waals surface area contributed by atoms with Gasteiger partial charge in [0.15, 0.2) is 0 Å². The van der Waals surface area contributed by atoms with Gasteiger partial charge in [-0.2, -0.15) is 5.10 Å². The van der Waals surface area contributed by atoms with Crippen LogP contribution in [-0.4, -0.2) is 15.7 Å². The van der Waals surface area contributed by atoms with E-state index in [9.17, 15) is 4.79 Å². The van der Waals surface area contributed by atoms with Crippen LogP contribution < -0.4 is 5.32 Å². The first-order chi connectivity index (χ1) is 12.1. The Labute approximate surface area is 148 Å². The topological polar surface area (TPSA) is 46.9 Å². The smallest absolute Gasteiger partial charge is 0.225 e. The highest BCUT2D eigenvalue weighted by atomic mass is 16.1. The van der Waals surface area contributed by atoms with Crippen LogP contribution in [-0.2, 0) is 11.2 Å². The summed E-state index contributed by atoms with van der Waals surface area (Å²) in [5.41, 5.74) is 3.02. The average molecular weight is 333 g/mol. The van der Waals surface area contributed by atoms with Crippen LogP contribution >= 0.6 is 0 Å². The molecule has 4 nitrogen and oxygen atoms in total. The lowest BCUT2D eigenvalue weighted by molar-refractivity contribution is -0.121. The second-order valence-electron chi connectivity index (χ2n) is 6.51. The van der Waals surface area contributed by atoms with Crippen molar-refractivity contribution in [1.82, 2.24) is 15.1 Å². The summed E-state index contributed by atoms with van der Waals surface area (Å²) in [7, 11) is 0. The Kier molecular flexibility index (Phi) is 5.29. The highest BCUT2D eigenvalue weighted by molar-refractivity contribution is 5.79. The Morgan fingerprint density at radius 3 is 2.32 bits per heavy atom. The second kappa shape index (κ2) is 7.79. The molecule has 2 aromatic carbocycles. The van der Waals surface area contributed by atoms with Crippen LogP contribution in [0.3, 0.4) is 0 Å². The van der Waals surface area contributed by atoms with Gasteiger partial charge in [-0.05, 0) is 29.2 Å². The van der Waals surface area contributed by atoms with Gasteiger partial charge in [0, 0.05) is 6.20 Å². The molecule has 0 aliphatic carbocycles. The fourth-order valence-electron chi connectivity index (χ4n) is 2.88. The Hall–Kier alpha value is -2.88. The largest absolute Gasteiger partial charge is 0.349 e. The molecular formula is C21H23N3O. The summed E-state index contributed by atoms with van der Waals surface area (Å²) in [5.74, 6) is 0.327. The molecule has 3 rings (SSSR count). The first kappa shape index (κ1) is 17.0. The molecule has 0 radical (unpaired) electrons. The van der Waals surface area contributed by atoms with Gasteiger partial charge in [-0.3, -0.25) is 4.79 Å². The maximum Gasteiger partial charge on any atom is 0.225 e. The van der Waals surface area contributed by atoms with E-state index in [-0.39, 0.29) is 11.9 Å². The monoisotopic (exact) mass is 333 g/mol. The van der Waals surface area contributed by atoms with Crippen molar-refractivity contribution in [3.05, 3.63) is 84.2 Å². The van der Waals surface area contributed by atoms with Gasteiger partial charge in [-0.15, -0.1) is 0 Å². The zero-order valence-electron chi connectivity index (χ0n) is 14.6. The normalized spacial score (nSPS) is 12.1. The number of para-hydroxylation sites is 1. The van der Waals surface area contributed by atoms with Gasteiger partial charge < -0.3 is 5.32 Å². The number of nitrogens with one attached hydrogen (secondary N) is 1. The number of amides is 1. The van der Waals surface area contributed by atoms with Gasteiger partial charge in [-0.25, -0.2) is 4.68 Å².